The van der Waals surface area contributed by atoms with Gasteiger partial charge in [0.25, 0.3) is 0 Å². The Morgan fingerprint density at radius 2 is 1.55 bits per heavy atom. The van der Waals surface area contributed by atoms with Gasteiger partial charge in [0.1, 0.15) is 19.0 Å². The molecule has 1 aromatic heterocycles. The largest absolute Gasteiger partial charge is 0.493 e. The summed E-state index contributed by atoms with van der Waals surface area (Å²) in [5, 5.41) is 7.85. The fraction of sp³-hybridized carbons (Fsp3) is 0.281. The highest BCUT2D eigenvalue weighted by Crippen LogP contribution is 2.47. The summed E-state index contributed by atoms with van der Waals surface area (Å²) in [4.78, 5) is 18.4. The molecule has 216 valence electrons. The first-order valence-electron chi connectivity index (χ1n) is 13.6. The molecule has 3 aromatic carbocycles. The van der Waals surface area contributed by atoms with E-state index in [0.29, 0.717) is 59.7 Å². The number of carbonyl (C=O) groups excluding carboxylic acids is 1. The Morgan fingerprint density at radius 1 is 0.833 bits per heavy atom. The fourth-order valence-electron chi connectivity index (χ4n) is 5.74. The van der Waals surface area contributed by atoms with Gasteiger partial charge in [-0.1, -0.05) is 36.4 Å². The topological polar surface area (TPSA) is 106 Å². The van der Waals surface area contributed by atoms with Gasteiger partial charge >= 0.3 is 0 Å². The lowest BCUT2D eigenvalue weighted by Crippen LogP contribution is -2.33. The first kappa shape index (κ1) is 27.2. The van der Waals surface area contributed by atoms with E-state index in [9.17, 15) is 4.79 Å². The summed E-state index contributed by atoms with van der Waals surface area (Å²) in [5.41, 5.74) is 4.31. The molecule has 42 heavy (non-hydrogen) atoms. The van der Waals surface area contributed by atoms with Crippen molar-refractivity contribution in [1.82, 2.24) is 14.8 Å². The molecule has 6 rings (SSSR count). The number of hydrogen-bond acceptors (Lipinski definition) is 9. The van der Waals surface area contributed by atoms with Gasteiger partial charge in [0.05, 0.1) is 28.4 Å². The Kier molecular flexibility index (Phi) is 7.43. The van der Waals surface area contributed by atoms with Crippen LogP contribution in [0.25, 0.3) is 0 Å². The minimum Gasteiger partial charge on any atom is -0.493 e. The number of carbonyl (C=O) groups is 1. The lowest BCUT2D eigenvalue weighted by atomic mass is 9.77. The summed E-state index contributed by atoms with van der Waals surface area (Å²) >= 11 is 0. The molecule has 10 nitrogen and oxygen atoms in total. The molecule has 1 aliphatic carbocycles. The summed E-state index contributed by atoms with van der Waals surface area (Å²) in [7, 11) is 6.34. The number of nitrogens with one attached hydrogen (secondary N) is 1. The highest BCUT2D eigenvalue weighted by molar-refractivity contribution is 6.00. The van der Waals surface area contributed by atoms with Crippen molar-refractivity contribution in [3.63, 3.8) is 0 Å². The van der Waals surface area contributed by atoms with Crippen LogP contribution >= 0.6 is 0 Å². The Labute approximate surface area is 243 Å². The summed E-state index contributed by atoms with van der Waals surface area (Å²) in [6.45, 7) is 0.410. The van der Waals surface area contributed by atoms with Crippen molar-refractivity contribution in [1.29, 1.82) is 0 Å². The van der Waals surface area contributed by atoms with E-state index in [-0.39, 0.29) is 11.7 Å². The monoisotopic (exact) mass is 568 g/mol. The molecule has 0 amide bonds. The zero-order valence-corrected chi connectivity index (χ0v) is 23.9. The van der Waals surface area contributed by atoms with E-state index in [1.165, 1.54) is 6.33 Å². The van der Waals surface area contributed by atoms with E-state index < -0.39 is 6.04 Å². The van der Waals surface area contributed by atoms with Gasteiger partial charge in [-0.05, 0) is 53.3 Å². The maximum Gasteiger partial charge on any atom is 0.226 e. The Balaban J connectivity index is 1.34. The number of fused-ring (bicyclic) bond motifs is 1. The third-order valence-corrected chi connectivity index (χ3v) is 7.76. The van der Waals surface area contributed by atoms with Crippen LogP contribution in [-0.2, 0) is 11.4 Å². The smallest absolute Gasteiger partial charge is 0.226 e. The number of hydrogen-bond donors (Lipinski definition) is 1. The second-order valence-corrected chi connectivity index (χ2v) is 10.1. The van der Waals surface area contributed by atoms with E-state index in [4.69, 9.17) is 23.7 Å². The normalized spacial score (nSPS) is 17.6. The number of aromatic nitrogens is 3. The van der Waals surface area contributed by atoms with E-state index in [0.717, 1.165) is 22.4 Å². The first-order valence-corrected chi connectivity index (χ1v) is 13.6. The number of ketones is 1. The van der Waals surface area contributed by atoms with Crippen LogP contribution in [-0.4, -0.2) is 49.0 Å². The SMILES string of the molecule is COc1cc([C@H]2C3=C(C[C@@H](c4cc(OC)c(OC)c(OC)c4)CC3=O)Nc3ncnn32)ccc1OCc1ccccc1. The molecule has 0 saturated carbocycles. The van der Waals surface area contributed by atoms with Gasteiger partial charge in [0.2, 0.25) is 11.7 Å². The first-order chi connectivity index (χ1) is 20.5. The van der Waals surface area contributed by atoms with Crippen molar-refractivity contribution in [3.8, 4) is 28.7 Å². The quantitative estimate of drug-likeness (QED) is 0.288. The predicted octanol–water partition coefficient (Wildman–Crippen LogP) is 5.31. The molecule has 0 saturated heterocycles. The summed E-state index contributed by atoms with van der Waals surface area (Å²) < 4.78 is 30.2. The van der Waals surface area contributed by atoms with Gasteiger partial charge in [-0.15, -0.1) is 0 Å². The van der Waals surface area contributed by atoms with E-state index in [1.807, 2.05) is 60.7 Å². The van der Waals surface area contributed by atoms with Gasteiger partial charge in [0.15, 0.2) is 28.8 Å². The number of nitrogens with zero attached hydrogens (tertiary/aromatic N) is 3. The molecular weight excluding hydrogens is 536 g/mol. The molecule has 10 heteroatoms. The number of methoxy groups -OCH3 is 4. The maximum atomic E-state index is 13.9. The summed E-state index contributed by atoms with van der Waals surface area (Å²) in [5.74, 6) is 3.30. The molecule has 2 heterocycles. The lowest BCUT2D eigenvalue weighted by Gasteiger charge is -2.35. The molecule has 0 fully saturated rings. The van der Waals surface area contributed by atoms with Crippen LogP contribution in [0.5, 0.6) is 28.7 Å². The average Bonchev–Trinajstić information content (AvgIpc) is 3.50. The molecular formula is C32H32N4O6. The number of benzene rings is 3. The number of ether oxygens (including phenoxy) is 5. The molecule has 4 aromatic rings. The fourth-order valence-corrected chi connectivity index (χ4v) is 5.74. The van der Waals surface area contributed by atoms with Crippen LogP contribution in [0.2, 0.25) is 0 Å². The molecule has 0 spiro atoms. The van der Waals surface area contributed by atoms with Gasteiger partial charge in [-0.3, -0.25) is 4.79 Å². The van der Waals surface area contributed by atoms with E-state index in [2.05, 4.69) is 15.4 Å². The van der Waals surface area contributed by atoms with Crippen molar-refractivity contribution in [2.24, 2.45) is 0 Å². The number of anilines is 1. The standard InChI is InChI=1S/C32H32N4O6/c1-38-26-14-20(10-11-25(26)42-17-19-8-6-5-7-9-19)30-29-23(35-32-33-18-34-36(30)32)12-21(13-24(29)37)22-15-27(39-2)31(41-4)28(16-22)40-3/h5-11,14-16,18,21,30H,12-13,17H2,1-4H3,(H,33,34,35)/t21-,30+/m1/s1. The number of rotatable bonds is 9. The molecule has 0 unspecified atom stereocenters. The van der Waals surface area contributed by atoms with Crippen molar-refractivity contribution in [3.05, 3.63) is 95.0 Å². The van der Waals surface area contributed by atoms with E-state index in [1.54, 1.807) is 33.1 Å². The number of allylic oxidation sites excluding steroid dienone is 2. The van der Waals surface area contributed by atoms with Gasteiger partial charge in [-0.25, -0.2) is 4.68 Å². The predicted molar refractivity (Wildman–Crippen MR) is 156 cm³/mol. The third kappa shape index (κ3) is 4.89. The zero-order chi connectivity index (χ0) is 29.2. The van der Waals surface area contributed by atoms with Crippen molar-refractivity contribution >= 4 is 11.7 Å². The molecule has 2 aliphatic rings. The lowest BCUT2D eigenvalue weighted by molar-refractivity contribution is -0.116. The Hall–Kier alpha value is -4.99. The van der Waals surface area contributed by atoms with Crippen molar-refractivity contribution in [2.45, 2.75) is 31.4 Å². The van der Waals surface area contributed by atoms with Gasteiger partial charge in [-0.2, -0.15) is 10.1 Å². The maximum absolute atomic E-state index is 13.9. The van der Waals surface area contributed by atoms with Crippen molar-refractivity contribution < 1.29 is 28.5 Å². The molecule has 2 atom stereocenters. The van der Waals surface area contributed by atoms with Crippen LogP contribution in [0.15, 0.2) is 78.3 Å². The second-order valence-electron chi connectivity index (χ2n) is 10.1. The number of Topliss-reactive ketones (excluding diaryl/α,β-unsaturated/α-hetero) is 1. The molecule has 1 N–H and O–H groups in total. The van der Waals surface area contributed by atoms with Crippen LogP contribution in [0.3, 0.4) is 0 Å². The average molecular weight is 569 g/mol. The van der Waals surface area contributed by atoms with Crippen LogP contribution in [0, 0.1) is 0 Å². The van der Waals surface area contributed by atoms with Gasteiger partial charge in [0, 0.05) is 17.7 Å². The summed E-state index contributed by atoms with van der Waals surface area (Å²) in [6.07, 6.45) is 2.40. The van der Waals surface area contributed by atoms with E-state index >= 15 is 0 Å². The van der Waals surface area contributed by atoms with Crippen LogP contribution in [0.4, 0.5) is 5.95 Å². The molecule has 0 bridgehead atoms. The zero-order valence-electron chi connectivity index (χ0n) is 23.9. The Morgan fingerprint density at radius 3 is 2.24 bits per heavy atom. The highest BCUT2D eigenvalue weighted by atomic mass is 16.5. The summed E-state index contributed by atoms with van der Waals surface area (Å²) in [6, 6.07) is 19.0. The second kappa shape index (κ2) is 11.5. The van der Waals surface area contributed by atoms with Crippen molar-refractivity contribution in [2.75, 3.05) is 33.8 Å². The molecule has 1 aliphatic heterocycles. The van der Waals surface area contributed by atoms with Crippen LogP contribution in [0.1, 0.15) is 41.5 Å². The molecule has 0 radical (unpaired) electrons. The highest BCUT2D eigenvalue weighted by Gasteiger charge is 2.40. The Bertz CT molecular complexity index is 1620. The van der Waals surface area contributed by atoms with Crippen LogP contribution < -0.4 is 29.0 Å². The third-order valence-electron chi connectivity index (χ3n) is 7.76. The minimum atomic E-state index is -0.468. The van der Waals surface area contributed by atoms with Gasteiger partial charge < -0.3 is 29.0 Å². The minimum absolute atomic E-state index is 0.0250.